The van der Waals surface area contributed by atoms with Crippen molar-refractivity contribution in [3.05, 3.63) is 82.9 Å². The molecule has 3 rings (SSSR count). The number of sulfonamides is 1. The van der Waals surface area contributed by atoms with Crippen molar-refractivity contribution in [1.82, 2.24) is 19.2 Å². The van der Waals surface area contributed by atoms with Gasteiger partial charge in [-0.1, -0.05) is 47.5 Å². The minimum absolute atomic E-state index is 0.0173. The molecule has 1 heterocycles. The molecular weight excluding hydrogens is 459 g/mol. The van der Waals surface area contributed by atoms with Crippen molar-refractivity contribution in [3.8, 4) is 0 Å². The second-order valence-corrected chi connectivity index (χ2v) is 9.59. The molecule has 0 spiro atoms. The zero-order valence-electron chi connectivity index (χ0n) is 16.6. The van der Waals surface area contributed by atoms with Gasteiger partial charge in [0.05, 0.1) is 27.8 Å². The van der Waals surface area contributed by atoms with Crippen LogP contribution in [0.25, 0.3) is 0 Å². The Bertz CT molecular complexity index is 1110. The summed E-state index contributed by atoms with van der Waals surface area (Å²) in [7, 11) is -3.90. The summed E-state index contributed by atoms with van der Waals surface area (Å²) < 4.78 is 29.4. The predicted octanol–water partition coefficient (Wildman–Crippen LogP) is 3.59. The monoisotopic (exact) mass is 480 g/mol. The molecule has 10 heteroatoms. The lowest BCUT2D eigenvalue weighted by atomic mass is 10.2. The van der Waals surface area contributed by atoms with Crippen molar-refractivity contribution in [3.63, 3.8) is 0 Å². The molecule has 0 aliphatic rings. The number of benzene rings is 2. The second-order valence-electron chi connectivity index (χ2n) is 6.84. The van der Waals surface area contributed by atoms with Gasteiger partial charge in [-0.25, -0.2) is 13.4 Å². The molecule has 7 nitrogen and oxygen atoms in total. The molecule has 0 bridgehead atoms. The number of hydrogen-bond donors (Lipinski definition) is 1. The molecule has 0 unspecified atom stereocenters. The van der Waals surface area contributed by atoms with Crippen LogP contribution in [0.3, 0.4) is 0 Å². The van der Waals surface area contributed by atoms with Crippen LogP contribution >= 0.6 is 23.2 Å². The number of nitrogens with zero attached hydrogens (tertiary/aromatic N) is 3. The fraction of sp³-hybridized carbons (Fsp3) is 0.238. The highest BCUT2D eigenvalue weighted by molar-refractivity contribution is 7.89. The van der Waals surface area contributed by atoms with E-state index in [4.69, 9.17) is 23.2 Å². The first-order chi connectivity index (χ1) is 14.9. The maximum absolute atomic E-state index is 13.2. The van der Waals surface area contributed by atoms with E-state index in [1.165, 1.54) is 12.1 Å². The Balaban J connectivity index is 1.70. The highest BCUT2D eigenvalue weighted by Gasteiger charge is 2.27. The van der Waals surface area contributed by atoms with Crippen molar-refractivity contribution in [1.29, 1.82) is 0 Å². The third kappa shape index (κ3) is 6.54. The number of imidazole rings is 1. The minimum atomic E-state index is -3.90. The summed E-state index contributed by atoms with van der Waals surface area (Å²) in [6.45, 7) is 0.789. The lowest BCUT2D eigenvalue weighted by Crippen LogP contribution is -2.40. The Hall–Kier alpha value is -2.39. The van der Waals surface area contributed by atoms with Gasteiger partial charge in [-0.15, -0.1) is 0 Å². The van der Waals surface area contributed by atoms with E-state index in [2.05, 4.69) is 10.3 Å². The maximum Gasteiger partial charge on any atom is 0.243 e. The molecule has 0 fully saturated rings. The molecule has 0 atom stereocenters. The first-order valence-electron chi connectivity index (χ1n) is 9.58. The van der Waals surface area contributed by atoms with Gasteiger partial charge in [0.15, 0.2) is 0 Å². The number of nitrogens with one attached hydrogen (secondary N) is 1. The molecule has 0 aliphatic heterocycles. The fourth-order valence-corrected chi connectivity index (χ4v) is 4.66. The maximum atomic E-state index is 13.2. The number of hydrogen-bond acceptors (Lipinski definition) is 4. The number of amides is 1. The molecule has 3 aromatic rings. The molecule has 1 N–H and O–H groups in total. The summed E-state index contributed by atoms with van der Waals surface area (Å²) in [5.74, 6) is -0.384. The van der Waals surface area contributed by atoms with Crippen LogP contribution in [-0.4, -0.2) is 41.3 Å². The van der Waals surface area contributed by atoms with Crippen LogP contribution in [0.15, 0.2) is 72.1 Å². The van der Waals surface area contributed by atoms with E-state index in [1.54, 1.807) is 48.9 Å². The van der Waals surface area contributed by atoms with Gasteiger partial charge in [-0.2, -0.15) is 4.31 Å². The van der Waals surface area contributed by atoms with Gasteiger partial charge < -0.3 is 9.88 Å². The third-order valence-electron chi connectivity index (χ3n) is 4.52. The van der Waals surface area contributed by atoms with E-state index in [-0.39, 0.29) is 23.9 Å². The number of carbonyl (C=O) groups excluding carboxylic acids is 1. The Morgan fingerprint density at radius 1 is 1.10 bits per heavy atom. The minimum Gasteiger partial charge on any atom is -0.355 e. The van der Waals surface area contributed by atoms with E-state index >= 15 is 0 Å². The molecular formula is C21H22Cl2N4O3S. The largest absolute Gasteiger partial charge is 0.355 e. The smallest absolute Gasteiger partial charge is 0.243 e. The van der Waals surface area contributed by atoms with Crippen LogP contribution in [0.4, 0.5) is 0 Å². The zero-order chi connectivity index (χ0) is 22.3. The van der Waals surface area contributed by atoms with Gasteiger partial charge in [0, 0.05) is 32.0 Å². The van der Waals surface area contributed by atoms with Crippen LogP contribution in [-0.2, 0) is 27.9 Å². The van der Waals surface area contributed by atoms with Crippen molar-refractivity contribution >= 4 is 39.1 Å². The summed E-state index contributed by atoms with van der Waals surface area (Å²) in [6.07, 6.45) is 5.93. The molecule has 2 aromatic carbocycles. The number of aromatic nitrogens is 2. The standard InChI is InChI=1S/C21H22Cl2N4O3S/c22-19-8-7-17(13-20(19)23)14-27(31(29,30)18-5-2-1-3-6-18)15-21(28)25-9-4-11-26-12-10-24-16-26/h1-3,5-8,10,12-13,16H,4,9,11,14-15H2,(H,25,28). The van der Waals surface area contributed by atoms with Crippen molar-refractivity contribution in [2.45, 2.75) is 24.4 Å². The van der Waals surface area contributed by atoms with Gasteiger partial charge in [0.2, 0.25) is 15.9 Å². The molecule has 0 saturated heterocycles. The van der Waals surface area contributed by atoms with Crippen LogP contribution in [0.5, 0.6) is 0 Å². The van der Waals surface area contributed by atoms with Crippen molar-refractivity contribution in [2.75, 3.05) is 13.1 Å². The first-order valence-corrected chi connectivity index (χ1v) is 11.8. The normalized spacial score (nSPS) is 11.6. The van der Waals surface area contributed by atoms with Gasteiger partial charge >= 0.3 is 0 Å². The Morgan fingerprint density at radius 3 is 2.55 bits per heavy atom. The summed E-state index contributed by atoms with van der Waals surface area (Å²) in [4.78, 5) is 16.6. The van der Waals surface area contributed by atoms with Crippen LogP contribution in [0.2, 0.25) is 10.0 Å². The lowest BCUT2D eigenvalue weighted by Gasteiger charge is -2.22. The molecule has 164 valence electrons. The summed E-state index contributed by atoms with van der Waals surface area (Å²) >= 11 is 12.0. The van der Waals surface area contributed by atoms with Crippen molar-refractivity contribution in [2.24, 2.45) is 0 Å². The Morgan fingerprint density at radius 2 is 1.87 bits per heavy atom. The number of halogens is 2. The van der Waals surface area contributed by atoms with Gasteiger partial charge in [0.25, 0.3) is 0 Å². The predicted molar refractivity (Wildman–Crippen MR) is 120 cm³/mol. The average Bonchev–Trinajstić information content (AvgIpc) is 3.27. The molecule has 0 aliphatic carbocycles. The SMILES string of the molecule is O=C(CN(Cc1ccc(Cl)c(Cl)c1)S(=O)(=O)c1ccccc1)NCCCn1ccnc1. The number of rotatable bonds is 10. The molecule has 1 amide bonds. The first kappa shape index (κ1) is 23.3. The second kappa shape index (κ2) is 10.8. The van der Waals surface area contributed by atoms with Crippen LogP contribution in [0.1, 0.15) is 12.0 Å². The topological polar surface area (TPSA) is 84.3 Å². The summed E-state index contributed by atoms with van der Waals surface area (Å²) in [6, 6.07) is 12.9. The third-order valence-corrected chi connectivity index (χ3v) is 7.06. The van der Waals surface area contributed by atoms with Crippen LogP contribution in [0, 0.1) is 0 Å². The molecule has 1 aromatic heterocycles. The average molecular weight is 481 g/mol. The van der Waals surface area contributed by atoms with Gasteiger partial charge in [-0.3, -0.25) is 4.79 Å². The quantitative estimate of drug-likeness (QED) is 0.449. The van der Waals surface area contributed by atoms with E-state index in [9.17, 15) is 13.2 Å². The van der Waals surface area contributed by atoms with E-state index in [0.717, 1.165) is 4.31 Å². The summed E-state index contributed by atoms with van der Waals surface area (Å²) in [5, 5.41) is 3.47. The van der Waals surface area contributed by atoms with Crippen LogP contribution < -0.4 is 5.32 Å². The van der Waals surface area contributed by atoms with E-state index in [1.807, 2.05) is 10.8 Å². The lowest BCUT2D eigenvalue weighted by molar-refractivity contribution is -0.121. The Kier molecular flexibility index (Phi) is 8.09. The highest BCUT2D eigenvalue weighted by Crippen LogP contribution is 2.25. The molecule has 0 radical (unpaired) electrons. The number of aryl methyl sites for hydroxylation is 1. The molecule has 31 heavy (non-hydrogen) atoms. The molecule has 0 saturated carbocycles. The van der Waals surface area contributed by atoms with Crippen molar-refractivity contribution < 1.29 is 13.2 Å². The van der Waals surface area contributed by atoms with Gasteiger partial charge in [0.1, 0.15) is 0 Å². The summed E-state index contributed by atoms with van der Waals surface area (Å²) in [5.41, 5.74) is 0.627. The Labute approximate surface area is 191 Å². The fourth-order valence-electron chi connectivity index (χ4n) is 2.93. The number of carbonyl (C=O) groups is 1. The van der Waals surface area contributed by atoms with E-state index < -0.39 is 10.0 Å². The highest BCUT2D eigenvalue weighted by atomic mass is 35.5. The van der Waals surface area contributed by atoms with Gasteiger partial charge in [-0.05, 0) is 36.2 Å². The zero-order valence-corrected chi connectivity index (χ0v) is 18.9. The van der Waals surface area contributed by atoms with E-state index in [0.29, 0.717) is 35.1 Å².